The van der Waals surface area contributed by atoms with Gasteiger partial charge in [-0.25, -0.2) is 14.8 Å². The van der Waals surface area contributed by atoms with Crippen molar-refractivity contribution in [2.45, 2.75) is 6.18 Å². The van der Waals surface area contributed by atoms with Crippen molar-refractivity contribution in [3.8, 4) is 23.1 Å². The molecule has 0 aliphatic heterocycles. The zero-order valence-electron chi connectivity index (χ0n) is 18.5. The summed E-state index contributed by atoms with van der Waals surface area (Å²) in [7, 11) is 3.04. The Labute approximate surface area is 197 Å². The van der Waals surface area contributed by atoms with Gasteiger partial charge in [-0.2, -0.15) is 13.2 Å². The van der Waals surface area contributed by atoms with Crippen LogP contribution in [0, 0.1) is 0 Å². The molecule has 180 valence electrons. The number of urea groups is 1. The van der Waals surface area contributed by atoms with Crippen LogP contribution in [0.3, 0.4) is 0 Å². The largest absolute Gasteiger partial charge is 0.493 e. The fourth-order valence-corrected chi connectivity index (χ4v) is 3.23. The maximum Gasteiger partial charge on any atom is 0.416 e. The Hall–Kier alpha value is -4.54. The van der Waals surface area contributed by atoms with Crippen molar-refractivity contribution in [3.05, 3.63) is 72.6 Å². The van der Waals surface area contributed by atoms with Gasteiger partial charge in [0.15, 0.2) is 11.5 Å². The summed E-state index contributed by atoms with van der Waals surface area (Å²) in [6.07, 6.45) is -3.15. The predicted molar refractivity (Wildman–Crippen MR) is 123 cm³/mol. The van der Waals surface area contributed by atoms with Crippen molar-refractivity contribution in [1.82, 2.24) is 9.97 Å². The number of nitrogens with one attached hydrogen (secondary N) is 2. The van der Waals surface area contributed by atoms with Gasteiger partial charge in [0.2, 0.25) is 5.88 Å². The molecule has 0 fully saturated rings. The number of fused-ring (bicyclic) bond motifs is 1. The van der Waals surface area contributed by atoms with Gasteiger partial charge in [0, 0.05) is 17.4 Å². The number of benzene rings is 3. The first kappa shape index (κ1) is 23.6. The van der Waals surface area contributed by atoms with E-state index in [4.69, 9.17) is 14.2 Å². The molecule has 0 bridgehead atoms. The first-order valence-electron chi connectivity index (χ1n) is 10.2. The van der Waals surface area contributed by atoms with Crippen molar-refractivity contribution >= 4 is 28.3 Å². The van der Waals surface area contributed by atoms with E-state index in [2.05, 4.69) is 20.6 Å². The second-order valence-electron chi connectivity index (χ2n) is 7.19. The van der Waals surface area contributed by atoms with E-state index in [9.17, 15) is 18.0 Å². The lowest BCUT2D eigenvalue weighted by molar-refractivity contribution is -0.137. The number of methoxy groups -OCH3 is 2. The molecule has 1 aromatic heterocycles. The average molecular weight is 484 g/mol. The lowest BCUT2D eigenvalue weighted by Gasteiger charge is -2.12. The molecular formula is C24H19F3N4O4. The molecule has 0 saturated heterocycles. The molecule has 4 rings (SSSR count). The maximum absolute atomic E-state index is 12.8. The van der Waals surface area contributed by atoms with E-state index in [1.807, 2.05) is 0 Å². The number of hydrogen-bond acceptors (Lipinski definition) is 6. The second kappa shape index (κ2) is 9.75. The zero-order chi connectivity index (χ0) is 25.0. The van der Waals surface area contributed by atoms with Gasteiger partial charge in [-0.15, -0.1) is 0 Å². The predicted octanol–water partition coefficient (Wildman–Crippen LogP) is 6.10. The number of nitrogens with zero attached hydrogens (tertiary/aromatic N) is 2. The number of ether oxygens (including phenoxy) is 3. The number of carbonyl (C=O) groups excluding carboxylic acids is 1. The summed E-state index contributed by atoms with van der Waals surface area (Å²) in [6, 6.07) is 13.4. The van der Waals surface area contributed by atoms with Gasteiger partial charge in [-0.05, 0) is 48.5 Å². The Morgan fingerprint density at radius 3 is 2.23 bits per heavy atom. The molecule has 2 N–H and O–H groups in total. The molecule has 11 heteroatoms. The Bertz CT molecular complexity index is 1360. The van der Waals surface area contributed by atoms with E-state index in [0.717, 1.165) is 12.1 Å². The van der Waals surface area contributed by atoms with Crippen LogP contribution in [0.2, 0.25) is 0 Å². The van der Waals surface area contributed by atoms with Crippen LogP contribution in [0.25, 0.3) is 10.9 Å². The molecule has 0 saturated carbocycles. The van der Waals surface area contributed by atoms with Gasteiger partial charge in [-0.1, -0.05) is 6.07 Å². The van der Waals surface area contributed by atoms with E-state index in [0.29, 0.717) is 39.7 Å². The highest BCUT2D eigenvalue weighted by Gasteiger charge is 2.30. The van der Waals surface area contributed by atoms with Gasteiger partial charge >= 0.3 is 12.2 Å². The number of anilines is 2. The first-order valence-corrected chi connectivity index (χ1v) is 10.2. The topological polar surface area (TPSA) is 94.6 Å². The lowest BCUT2D eigenvalue weighted by Crippen LogP contribution is -2.19. The maximum atomic E-state index is 12.8. The number of rotatable bonds is 6. The number of halogens is 3. The van der Waals surface area contributed by atoms with Crippen molar-refractivity contribution in [2.24, 2.45) is 0 Å². The van der Waals surface area contributed by atoms with Crippen LogP contribution < -0.4 is 24.8 Å². The first-order chi connectivity index (χ1) is 16.8. The summed E-state index contributed by atoms with van der Waals surface area (Å²) >= 11 is 0. The third-order valence-electron chi connectivity index (χ3n) is 4.88. The third kappa shape index (κ3) is 5.52. The van der Waals surface area contributed by atoms with Crippen molar-refractivity contribution in [1.29, 1.82) is 0 Å². The van der Waals surface area contributed by atoms with Crippen LogP contribution in [0.4, 0.5) is 29.3 Å². The normalized spacial score (nSPS) is 11.1. The minimum atomic E-state index is -4.50. The van der Waals surface area contributed by atoms with E-state index in [1.54, 1.807) is 36.4 Å². The van der Waals surface area contributed by atoms with Crippen LogP contribution in [-0.4, -0.2) is 30.2 Å². The van der Waals surface area contributed by atoms with E-state index in [1.165, 1.54) is 32.7 Å². The molecule has 8 nitrogen and oxygen atoms in total. The molecule has 0 aliphatic rings. The van der Waals surface area contributed by atoms with Crippen LogP contribution in [0.1, 0.15) is 5.56 Å². The van der Waals surface area contributed by atoms with Gasteiger partial charge < -0.3 is 24.8 Å². The highest BCUT2D eigenvalue weighted by molar-refractivity contribution is 5.99. The van der Waals surface area contributed by atoms with Crippen LogP contribution in [0.15, 0.2) is 67.0 Å². The average Bonchev–Trinajstić information content (AvgIpc) is 2.84. The molecule has 1 heterocycles. The molecule has 0 atom stereocenters. The molecular weight excluding hydrogens is 465 g/mol. The summed E-state index contributed by atoms with van der Waals surface area (Å²) in [5, 5.41) is 5.54. The smallest absolute Gasteiger partial charge is 0.416 e. The van der Waals surface area contributed by atoms with Crippen LogP contribution >= 0.6 is 0 Å². The molecule has 3 aromatic carbocycles. The second-order valence-corrected chi connectivity index (χ2v) is 7.19. The lowest BCUT2D eigenvalue weighted by atomic mass is 10.2. The molecule has 0 radical (unpaired) electrons. The van der Waals surface area contributed by atoms with Crippen molar-refractivity contribution in [3.63, 3.8) is 0 Å². The Morgan fingerprint density at radius 1 is 0.857 bits per heavy atom. The molecule has 0 spiro atoms. The Balaban J connectivity index is 1.45. The minimum absolute atomic E-state index is 0.0139. The summed E-state index contributed by atoms with van der Waals surface area (Å²) in [5.41, 5.74) is 0.156. The van der Waals surface area contributed by atoms with E-state index >= 15 is 0 Å². The summed E-state index contributed by atoms with van der Waals surface area (Å²) in [4.78, 5) is 20.6. The van der Waals surface area contributed by atoms with Gasteiger partial charge in [0.05, 0.1) is 30.7 Å². The zero-order valence-corrected chi connectivity index (χ0v) is 18.5. The Kier molecular flexibility index (Phi) is 6.58. The number of amides is 2. The number of carbonyl (C=O) groups is 1. The van der Waals surface area contributed by atoms with Gasteiger partial charge in [-0.3, -0.25) is 0 Å². The molecule has 0 aliphatic carbocycles. The fraction of sp³-hybridized carbons (Fsp3) is 0.125. The van der Waals surface area contributed by atoms with Crippen LogP contribution in [0.5, 0.6) is 23.1 Å². The molecule has 0 unspecified atom stereocenters. The number of hydrogen-bond donors (Lipinski definition) is 2. The summed E-state index contributed by atoms with van der Waals surface area (Å²) < 4.78 is 55.0. The standard InChI is InChI=1S/C24H19F3N4O4/c1-33-20-11-18-19(12-21(20)34-2)28-13-29-22(18)35-17-8-6-15(7-9-17)30-23(32)31-16-5-3-4-14(10-16)24(25,26)27/h3-13H,1-2H3,(H2,30,31,32). The van der Waals surface area contributed by atoms with Crippen molar-refractivity contribution < 1.29 is 32.2 Å². The number of aromatic nitrogens is 2. The highest BCUT2D eigenvalue weighted by Crippen LogP contribution is 2.36. The van der Waals surface area contributed by atoms with Crippen LogP contribution in [-0.2, 0) is 6.18 Å². The fourth-order valence-electron chi connectivity index (χ4n) is 3.23. The summed E-state index contributed by atoms with van der Waals surface area (Å²) in [5.74, 6) is 1.73. The SMILES string of the molecule is COc1cc2ncnc(Oc3ccc(NC(=O)Nc4cccc(C(F)(F)F)c4)cc3)c2cc1OC. The van der Waals surface area contributed by atoms with E-state index < -0.39 is 17.8 Å². The molecule has 2 amide bonds. The highest BCUT2D eigenvalue weighted by atomic mass is 19.4. The van der Waals surface area contributed by atoms with E-state index in [-0.39, 0.29) is 5.69 Å². The number of alkyl halides is 3. The van der Waals surface area contributed by atoms with Gasteiger partial charge in [0.25, 0.3) is 0 Å². The molecule has 35 heavy (non-hydrogen) atoms. The molecule has 4 aromatic rings. The Morgan fingerprint density at radius 2 is 1.54 bits per heavy atom. The van der Waals surface area contributed by atoms with Crippen molar-refractivity contribution in [2.75, 3.05) is 24.9 Å². The summed E-state index contributed by atoms with van der Waals surface area (Å²) in [6.45, 7) is 0. The minimum Gasteiger partial charge on any atom is -0.493 e. The van der Waals surface area contributed by atoms with Gasteiger partial charge in [0.1, 0.15) is 12.1 Å². The monoisotopic (exact) mass is 484 g/mol. The third-order valence-corrected chi connectivity index (χ3v) is 4.88. The quantitative estimate of drug-likeness (QED) is 0.343.